The molecule has 0 aromatic rings. The molecule has 0 saturated carbocycles. The van der Waals surface area contributed by atoms with Crippen LogP contribution in [0, 0.1) is 0 Å². The third-order valence-electron chi connectivity index (χ3n) is 14.0. The summed E-state index contributed by atoms with van der Waals surface area (Å²) in [7, 11) is 0. The summed E-state index contributed by atoms with van der Waals surface area (Å²) in [6.45, 7) is 31.3. The van der Waals surface area contributed by atoms with Gasteiger partial charge >= 0.3 is 0 Å². The van der Waals surface area contributed by atoms with Gasteiger partial charge in [-0.2, -0.15) is 0 Å². The number of rotatable bonds is 5. The Kier molecular flexibility index (Phi) is 71.3. The number of hydrogen-bond acceptors (Lipinski definition) is 15. The zero-order chi connectivity index (χ0) is 57.4. The number of unbranched alkanes of at least 4 members (excludes halogenated alkanes) is 3. The summed E-state index contributed by atoms with van der Waals surface area (Å²) >= 11 is 0. The molecule has 0 spiro atoms. The van der Waals surface area contributed by atoms with Gasteiger partial charge in [0.15, 0.2) is 0 Å². The van der Waals surface area contributed by atoms with Crippen LogP contribution in [0.3, 0.4) is 0 Å². The van der Waals surface area contributed by atoms with E-state index in [2.05, 4.69) is 6.92 Å². The average molecular weight is 1170 g/mol. The third kappa shape index (κ3) is 70.1. The van der Waals surface area contributed by atoms with E-state index in [9.17, 15) is 0 Å². The van der Waals surface area contributed by atoms with Gasteiger partial charge in [-0.05, 0) is 199 Å². The first kappa shape index (κ1) is 78.4. The minimum absolute atomic E-state index is 0.617. The second-order valence-electron chi connectivity index (χ2n) is 22.0. The highest BCUT2D eigenvalue weighted by molar-refractivity contribution is 4.64. The van der Waals surface area contributed by atoms with Crippen molar-refractivity contribution in [2.24, 2.45) is 0 Å². The largest absolute Gasteiger partial charge is 0.381 e. The minimum Gasteiger partial charge on any atom is -0.381 e. The highest BCUT2D eigenvalue weighted by atomic mass is 16.5. The quantitative estimate of drug-likeness (QED) is 0.241. The van der Waals surface area contributed by atoms with Crippen molar-refractivity contribution >= 4 is 0 Å². The standard InChI is InChI=1S/C10H20O.14C4H8O/c1-2-3-4-5-7-10-8-6-9-11-10;14*1-2-4-5-3-1/h10H,2-9H2,1H3;14*1-4H2. The molecule has 0 aromatic carbocycles. The van der Waals surface area contributed by atoms with Crippen LogP contribution in [0.5, 0.6) is 0 Å². The fraction of sp³-hybridized carbons (Fsp3) is 1.00. The molecule has 15 heteroatoms. The van der Waals surface area contributed by atoms with Crippen LogP contribution in [0.4, 0.5) is 0 Å². The summed E-state index contributed by atoms with van der Waals surface area (Å²) in [6, 6.07) is 0. The lowest BCUT2D eigenvalue weighted by atomic mass is 10.1. The Balaban J connectivity index is 0.000000437. The molecule has 81 heavy (non-hydrogen) atoms. The van der Waals surface area contributed by atoms with Gasteiger partial charge in [0, 0.05) is 192 Å². The molecule has 15 rings (SSSR count). The first-order chi connectivity index (χ1) is 40.4. The molecule has 15 aliphatic rings. The summed E-state index contributed by atoms with van der Waals surface area (Å²) in [4.78, 5) is 0. The number of hydrogen-bond donors (Lipinski definition) is 0. The SMILES string of the molecule is C1CCOC1.C1CCOC1.C1CCOC1.C1CCOC1.C1CCOC1.C1CCOC1.C1CCOC1.C1CCOC1.C1CCOC1.C1CCOC1.C1CCOC1.C1CCOC1.C1CCOC1.C1CCOC1.CCCCCCC1CCCO1. The van der Waals surface area contributed by atoms with Gasteiger partial charge in [0.1, 0.15) is 0 Å². The molecule has 15 aliphatic heterocycles. The van der Waals surface area contributed by atoms with E-state index >= 15 is 0 Å². The molecule has 15 heterocycles. The normalized spacial score (nSPS) is 24.0. The lowest BCUT2D eigenvalue weighted by Crippen LogP contribution is -2.03. The maximum absolute atomic E-state index is 5.53. The van der Waals surface area contributed by atoms with Crippen LogP contribution >= 0.6 is 0 Å². The van der Waals surface area contributed by atoms with Crippen LogP contribution in [0.15, 0.2) is 0 Å². The maximum Gasteiger partial charge on any atom is 0.0576 e. The molecule has 0 bridgehead atoms. The van der Waals surface area contributed by atoms with E-state index in [1.54, 1.807) is 0 Å². The van der Waals surface area contributed by atoms with E-state index in [0.29, 0.717) is 6.10 Å². The van der Waals surface area contributed by atoms with Crippen molar-refractivity contribution in [3.63, 3.8) is 0 Å². The fourth-order valence-corrected chi connectivity index (χ4v) is 8.82. The predicted molar refractivity (Wildman–Crippen MR) is 328 cm³/mol. The van der Waals surface area contributed by atoms with E-state index in [-0.39, 0.29) is 0 Å². The molecule has 15 nitrogen and oxygen atoms in total. The van der Waals surface area contributed by atoms with Crippen molar-refractivity contribution in [1.82, 2.24) is 0 Å². The topological polar surface area (TPSA) is 138 Å². The van der Waals surface area contributed by atoms with Crippen molar-refractivity contribution in [3.05, 3.63) is 0 Å². The Labute approximate surface area is 498 Å². The van der Waals surface area contributed by atoms with Gasteiger partial charge in [-0.25, -0.2) is 0 Å². The number of ether oxygens (including phenoxy) is 15. The summed E-state index contributed by atoms with van der Waals surface area (Å²) < 4.78 is 74.8. The molecule has 0 N–H and O–H groups in total. The minimum atomic E-state index is 0.617. The highest BCUT2D eigenvalue weighted by Crippen LogP contribution is 2.18. The molecule has 0 amide bonds. The van der Waals surface area contributed by atoms with Gasteiger partial charge in [0.25, 0.3) is 0 Å². The van der Waals surface area contributed by atoms with Crippen molar-refractivity contribution in [2.45, 2.75) is 238 Å². The van der Waals surface area contributed by atoms with Crippen LogP contribution in [0.2, 0.25) is 0 Å². The Bertz CT molecular complexity index is 664. The van der Waals surface area contributed by atoms with E-state index < -0.39 is 0 Å². The lowest BCUT2D eigenvalue weighted by Gasteiger charge is -2.07. The first-order valence-electron chi connectivity index (χ1n) is 34.1. The van der Waals surface area contributed by atoms with Crippen LogP contribution in [-0.4, -0.2) is 198 Å². The van der Waals surface area contributed by atoms with Crippen LogP contribution < -0.4 is 0 Å². The summed E-state index contributed by atoms with van der Waals surface area (Å²) in [5.41, 5.74) is 0. The highest BCUT2D eigenvalue weighted by Gasteiger charge is 2.14. The third-order valence-corrected chi connectivity index (χ3v) is 14.0. The van der Waals surface area contributed by atoms with E-state index in [1.165, 1.54) is 225 Å². The van der Waals surface area contributed by atoms with Gasteiger partial charge < -0.3 is 71.1 Å². The van der Waals surface area contributed by atoms with Crippen molar-refractivity contribution in [1.29, 1.82) is 0 Å². The van der Waals surface area contributed by atoms with E-state index in [0.717, 1.165) is 192 Å². The van der Waals surface area contributed by atoms with Crippen LogP contribution in [0.25, 0.3) is 0 Å². The first-order valence-corrected chi connectivity index (χ1v) is 34.1. The van der Waals surface area contributed by atoms with Crippen molar-refractivity contribution < 1.29 is 71.1 Å². The molecule has 486 valence electrons. The zero-order valence-corrected chi connectivity index (χ0v) is 53.0. The molecule has 1 atom stereocenters. The van der Waals surface area contributed by atoms with Crippen LogP contribution in [-0.2, 0) is 71.1 Å². The van der Waals surface area contributed by atoms with Crippen LogP contribution in [0.1, 0.15) is 232 Å². The Morgan fingerprint density at radius 2 is 0.346 bits per heavy atom. The zero-order valence-electron chi connectivity index (χ0n) is 53.0. The maximum atomic E-state index is 5.53. The molecule has 15 fully saturated rings. The molecule has 0 radical (unpaired) electrons. The molecular formula is C66H132O15. The van der Waals surface area contributed by atoms with E-state index in [1.807, 2.05) is 0 Å². The van der Waals surface area contributed by atoms with E-state index in [4.69, 9.17) is 71.1 Å². The molecule has 15 saturated heterocycles. The molecule has 1 unspecified atom stereocenters. The van der Waals surface area contributed by atoms with Gasteiger partial charge in [-0.1, -0.05) is 32.6 Å². The van der Waals surface area contributed by atoms with Gasteiger partial charge in [0.05, 0.1) is 6.10 Å². The molecule has 0 aromatic heterocycles. The summed E-state index contributed by atoms with van der Waals surface area (Å²) in [6.07, 6.45) is 45.8. The molecule has 0 aliphatic carbocycles. The Hall–Kier alpha value is -0.600. The van der Waals surface area contributed by atoms with Gasteiger partial charge in [-0.15, -0.1) is 0 Å². The van der Waals surface area contributed by atoms with Crippen molar-refractivity contribution in [3.8, 4) is 0 Å². The smallest absolute Gasteiger partial charge is 0.0576 e. The Morgan fingerprint density at radius 3 is 0.444 bits per heavy atom. The monoisotopic (exact) mass is 1160 g/mol. The second-order valence-corrected chi connectivity index (χ2v) is 22.0. The van der Waals surface area contributed by atoms with Gasteiger partial charge in [-0.3, -0.25) is 0 Å². The second kappa shape index (κ2) is 73.7. The lowest BCUT2D eigenvalue weighted by molar-refractivity contribution is 0.102. The summed E-state index contributed by atoms with van der Waals surface area (Å²) in [5, 5.41) is 0. The summed E-state index contributed by atoms with van der Waals surface area (Å²) in [5.74, 6) is 0. The fourth-order valence-electron chi connectivity index (χ4n) is 8.82. The predicted octanol–water partition coefficient (Wildman–Crippen LogP) is 14.3. The Morgan fingerprint density at radius 1 is 0.185 bits per heavy atom. The average Bonchev–Trinajstić information content (AvgIpc) is 4.37. The van der Waals surface area contributed by atoms with Crippen molar-refractivity contribution in [2.75, 3.05) is 192 Å². The molecular weight excluding hydrogens is 1030 g/mol. The van der Waals surface area contributed by atoms with Gasteiger partial charge in [0.2, 0.25) is 0 Å².